The Morgan fingerprint density at radius 2 is 1.88 bits per heavy atom. The maximum Gasteiger partial charge on any atom is 0.227 e. The molecule has 1 saturated carbocycles. The Morgan fingerprint density at radius 1 is 1.15 bits per heavy atom. The molecule has 6 nitrogen and oxygen atoms in total. The molecule has 26 heavy (non-hydrogen) atoms. The molecular weight excluding hydrogens is 381 g/mol. The maximum absolute atomic E-state index is 13.5. The molecular formula is C17H17ClFN3O3S. The van der Waals surface area contributed by atoms with E-state index in [9.17, 15) is 12.8 Å². The van der Waals surface area contributed by atoms with E-state index >= 15 is 0 Å². The molecule has 4 rings (SSSR count). The molecule has 138 valence electrons. The van der Waals surface area contributed by atoms with Crippen LogP contribution in [0.1, 0.15) is 18.5 Å². The summed E-state index contributed by atoms with van der Waals surface area (Å²) < 4.78 is 44.0. The standard InChI is InChI=1S/C17H17ClFN3O3S/c18-15-11-14(20-16(21-15)22-6-8-25-9-7-22)17(4-5-17)26(23,24)13-3-1-2-12(19)10-13/h1-3,10-11H,4-9H2. The SMILES string of the molecule is O=S(=O)(c1cccc(F)c1)C1(c2cc(Cl)nc(N3CCOCC3)n2)CC1. The van der Waals surface area contributed by atoms with E-state index < -0.39 is 20.4 Å². The number of sulfone groups is 1. The number of nitrogens with zero attached hydrogens (tertiary/aromatic N) is 3. The first kappa shape index (κ1) is 17.6. The number of anilines is 1. The maximum atomic E-state index is 13.5. The van der Waals surface area contributed by atoms with Gasteiger partial charge in [-0.05, 0) is 37.1 Å². The normalized spacial score (nSPS) is 19.4. The molecule has 0 unspecified atom stereocenters. The Balaban J connectivity index is 1.76. The van der Waals surface area contributed by atoms with Gasteiger partial charge >= 0.3 is 0 Å². The van der Waals surface area contributed by atoms with E-state index in [2.05, 4.69) is 9.97 Å². The molecule has 2 aliphatic rings. The van der Waals surface area contributed by atoms with Gasteiger partial charge in [0.05, 0.1) is 23.8 Å². The zero-order valence-corrected chi connectivity index (χ0v) is 15.4. The molecule has 1 aromatic heterocycles. The smallest absolute Gasteiger partial charge is 0.227 e. The van der Waals surface area contributed by atoms with Crippen LogP contribution in [0.15, 0.2) is 35.2 Å². The molecule has 1 aromatic carbocycles. The lowest BCUT2D eigenvalue weighted by Crippen LogP contribution is -2.38. The van der Waals surface area contributed by atoms with Gasteiger partial charge in [-0.25, -0.2) is 22.8 Å². The van der Waals surface area contributed by atoms with E-state index in [4.69, 9.17) is 16.3 Å². The molecule has 2 heterocycles. The highest BCUT2D eigenvalue weighted by molar-refractivity contribution is 7.92. The molecule has 2 aromatic rings. The van der Waals surface area contributed by atoms with E-state index in [0.717, 1.165) is 6.07 Å². The van der Waals surface area contributed by atoms with Gasteiger partial charge in [-0.2, -0.15) is 0 Å². The first-order chi connectivity index (χ1) is 12.4. The summed E-state index contributed by atoms with van der Waals surface area (Å²) in [7, 11) is -3.80. The molecule has 1 aliphatic heterocycles. The third-order valence-electron chi connectivity index (χ3n) is 4.77. The van der Waals surface area contributed by atoms with Crippen molar-refractivity contribution in [2.75, 3.05) is 31.2 Å². The molecule has 0 radical (unpaired) electrons. The summed E-state index contributed by atoms with van der Waals surface area (Å²) in [6.07, 6.45) is 0.837. The summed E-state index contributed by atoms with van der Waals surface area (Å²) in [5.74, 6) is -0.187. The summed E-state index contributed by atoms with van der Waals surface area (Å²) in [6.45, 7) is 2.34. The van der Waals surface area contributed by atoms with Crippen LogP contribution in [0.25, 0.3) is 0 Å². The molecule has 9 heteroatoms. The lowest BCUT2D eigenvalue weighted by Gasteiger charge is -2.27. The quantitative estimate of drug-likeness (QED) is 0.738. The van der Waals surface area contributed by atoms with Crippen LogP contribution in [0.4, 0.5) is 10.3 Å². The van der Waals surface area contributed by atoms with Crippen LogP contribution in [0.5, 0.6) is 0 Å². The van der Waals surface area contributed by atoms with E-state index in [1.54, 1.807) is 0 Å². The third-order valence-corrected chi connectivity index (χ3v) is 7.48. The van der Waals surface area contributed by atoms with Crippen molar-refractivity contribution in [1.82, 2.24) is 9.97 Å². The number of ether oxygens (including phenoxy) is 1. The number of hydrogen-bond acceptors (Lipinski definition) is 6. The predicted molar refractivity (Wildman–Crippen MR) is 94.6 cm³/mol. The fraction of sp³-hybridized carbons (Fsp3) is 0.412. The summed E-state index contributed by atoms with van der Waals surface area (Å²) in [5, 5.41) is 0.192. The van der Waals surface area contributed by atoms with Gasteiger partial charge in [0.15, 0.2) is 9.84 Å². The fourth-order valence-corrected chi connectivity index (χ4v) is 5.35. The Bertz CT molecular complexity index is 944. The number of morpholine rings is 1. The average Bonchev–Trinajstić information content (AvgIpc) is 3.44. The van der Waals surface area contributed by atoms with Crippen molar-refractivity contribution in [3.63, 3.8) is 0 Å². The van der Waals surface area contributed by atoms with Crippen LogP contribution < -0.4 is 4.90 Å². The highest BCUT2D eigenvalue weighted by atomic mass is 35.5. The second kappa shape index (κ2) is 6.44. The number of aromatic nitrogens is 2. The van der Waals surface area contributed by atoms with E-state index in [1.165, 1.54) is 24.3 Å². The Labute approximate surface area is 155 Å². The van der Waals surface area contributed by atoms with Crippen molar-refractivity contribution in [3.05, 3.63) is 47.0 Å². The molecule has 0 atom stereocenters. The molecule has 0 spiro atoms. The summed E-state index contributed by atoms with van der Waals surface area (Å²) in [4.78, 5) is 10.6. The number of halogens is 2. The van der Waals surface area contributed by atoms with Crippen molar-refractivity contribution < 1.29 is 17.5 Å². The van der Waals surface area contributed by atoms with Gasteiger partial charge < -0.3 is 9.64 Å². The zero-order chi connectivity index (χ0) is 18.4. The highest BCUT2D eigenvalue weighted by Crippen LogP contribution is 2.55. The lowest BCUT2D eigenvalue weighted by molar-refractivity contribution is 0.122. The monoisotopic (exact) mass is 397 g/mol. The number of hydrogen-bond donors (Lipinski definition) is 0. The summed E-state index contributed by atoms with van der Waals surface area (Å²) >= 11 is 6.16. The van der Waals surface area contributed by atoms with Crippen LogP contribution in [0, 0.1) is 5.82 Å². The minimum Gasteiger partial charge on any atom is -0.378 e. The van der Waals surface area contributed by atoms with Crippen LogP contribution in [-0.2, 0) is 19.3 Å². The molecule has 0 N–H and O–H groups in total. The van der Waals surface area contributed by atoms with Gasteiger partial charge in [-0.1, -0.05) is 17.7 Å². The first-order valence-electron chi connectivity index (χ1n) is 8.30. The molecule has 0 amide bonds. The van der Waals surface area contributed by atoms with E-state index in [-0.39, 0.29) is 10.0 Å². The summed E-state index contributed by atoms with van der Waals surface area (Å²) in [5.41, 5.74) is 0.364. The Kier molecular flexibility index (Phi) is 4.37. The fourth-order valence-electron chi connectivity index (χ4n) is 3.18. The van der Waals surface area contributed by atoms with Gasteiger partial charge in [-0.15, -0.1) is 0 Å². The van der Waals surface area contributed by atoms with Crippen LogP contribution in [0.2, 0.25) is 5.15 Å². The van der Waals surface area contributed by atoms with Gasteiger partial charge in [0, 0.05) is 13.1 Å². The minimum absolute atomic E-state index is 0.0438. The predicted octanol–water partition coefficient (Wildman–Crippen LogP) is 2.57. The average molecular weight is 398 g/mol. The Hall–Kier alpha value is -1.77. The molecule has 0 bridgehead atoms. The topological polar surface area (TPSA) is 72.4 Å². The van der Waals surface area contributed by atoms with Gasteiger partial charge in [0.1, 0.15) is 15.7 Å². The van der Waals surface area contributed by atoms with Crippen molar-refractivity contribution in [3.8, 4) is 0 Å². The zero-order valence-electron chi connectivity index (χ0n) is 13.9. The van der Waals surface area contributed by atoms with Crippen molar-refractivity contribution in [1.29, 1.82) is 0 Å². The largest absolute Gasteiger partial charge is 0.378 e. The second-order valence-corrected chi connectivity index (χ2v) is 9.08. The molecule has 1 aliphatic carbocycles. The highest BCUT2D eigenvalue weighted by Gasteiger charge is 2.58. The van der Waals surface area contributed by atoms with Crippen LogP contribution >= 0.6 is 11.6 Å². The van der Waals surface area contributed by atoms with Crippen molar-refractivity contribution in [2.45, 2.75) is 22.5 Å². The van der Waals surface area contributed by atoms with E-state index in [0.29, 0.717) is 50.8 Å². The third kappa shape index (κ3) is 2.95. The second-order valence-electron chi connectivity index (χ2n) is 6.43. The van der Waals surface area contributed by atoms with Crippen LogP contribution in [0.3, 0.4) is 0 Å². The molecule has 2 fully saturated rings. The van der Waals surface area contributed by atoms with Gasteiger partial charge in [0.25, 0.3) is 0 Å². The number of benzene rings is 1. The van der Waals surface area contributed by atoms with E-state index in [1.807, 2.05) is 4.90 Å². The lowest BCUT2D eigenvalue weighted by atomic mass is 10.3. The van der Waals surface area contributed by atoms with Crippen LogP contribution in [-0.4, -0.2) is 44.7 Å². The van der Waals surface area contributed by atoms with Gasteiger partial charge in [-0.3, -0.25) is 0 Å². The molecule has 1 saturated heterocycles. The first-order valence-corrected chi connectivity index (χ1v) is 10.2. The van der Waals surface area contributed by atoms with Gasteiger partial charge in [0.2, 0.25) is 5.95 Å². The van der Waals surface area contributed by atoms with Crippen molar-refractivity contribution >= 4 is 27.4 Å². The van der Waals surface area contributed by atoms with Crippen molar-refractivity contribution in [2.24, 2.45) is 0 Å². The summed E-state index contributed by atoms with van der Waals surface area (Å²) in [6, 6.07) is 6.56. The Morgan fingerprint density at radius 3 is 2.54 bits per heavy atom. The minimum atomic E-state index is -3.80. The number of rotatable bonds is 4.